The molecule has 1 unspecified atom stereocenters. The van der Waals surface area contributed by atoms with E-state index in [2.05, 4.69) is 33.8 Å². The van der Waals surface area contributed by atoms with Gasteiger partial charge in [-0.05, 0) is 40.9 Å². The zero-order valence-electron chi connectivity index (χ0n) is 18.8. The van der Waals surface area contributed by atoms with E-state index < -0.39 is 10.0 Å². The van der Waals surface area contributed by atoms with Crippen LogP contribution in [0, 0.1) is 0 Å². The fraction of sp³-hybridized carbons (Fsp3) is 0.636. The molecule has 2 aromatic rings. The summed E-state index contributed by atoms with van der Waals surface area (Å²) in [6, 6.07) is 4.09. The van der Waals surface area contributed by atoms with Gasteiger partial charge in [-0.3, -0.25) is 5.10 Å². The smallest absolute Gasteiger partial charge is 0.241 e. The summed E-state index contributed by atoms with van der Waals surface area (Å²) in [5.74, 6) is 1.89. The van der Waals surface area contributed by atoms with E-state index in [4.69, 9.17) is 4.74 Å². The van der Waals surface area contributed by atoms with Crippen LogP contribution in [-0.2, 0) is 21.3 Å². The van der Waals surface area contributed by atoms with E-state index >= 15 is 0 Å². The number of ether oxygens (including phenoxy) is 1. The maximum Gasteiger partial charge on any atom is 0.241 e. The van der Waals surface area contributed by atoms with Crippen molar-refractivity contribution in [3.05, 3.63) is 40.5 Å². The molecule has 3 rings (SSSR count). The van der Waals surface area contributed by atoms with Crippen LogP contribution in [0.25, 0.3) is 0 Å². The lowest BCUT2D eigenvalue weighted by Gasteiger charge is -2.22. The van der Waals surface area contributed by atoms with Crippen molar-refractivity contribution in [3.8, 4) is 0 Å². The van der Waals surface area contributed by atoms with Gasteiger partial charge in [-0.1, -0.05) is 53.7 Å². The van der Waals surface area contributed by atoms with Gasteiger partial charge >= 0.3 is 0 Å². The summed E-state index contributed by atoms with van der Waals surface area (Å²) in [5.41, 5.74) is 2.89. The van der Waals surface area contributed by atoms with Crippen LogP contribution < -0.4 is 4.72 Å². The molecule has 30 heavy (non-hydrogen) atoms. The highest BCUT2D eigenvalue weighted by Crippen LogP contribution is 2.35. The van der Waals surface area contributed by atoms with Gasteiger partial charge in [0, 0.05) is 12.5 Å². The summed E-state index contributed by atoms with van der Waals surface area (Å²) in [5, 5.41) is 7.11. The zero-order valence-corrected chi connectivity index (χ0v) is 19.6. The van der Waals surface area contributed by atoms with Crippen LogP contribution >= 0.6 is 0 Å². The minimum atomic E-state index is -3.72. The number of H-pyrrole nitrogens is 1. The van der Waals surface area contributed by atoms with E-state index in [1.54, 1.807) is 0 Å². The van der Waals surface area contributed by atoms with Gasteiger partial charge in [-0.15, -0.1) is 0 Å². The number of hydrogen-bond donors (Lipinski definition) is 2. The second-order valence-corrected chi connectivity index (χ2v) is 10.7. The molecule has 0 radical (unpaired) electrons. The predicted molar refractivity (Wildman–Crippen MR) is 117 cm³/mol. The largest absolute Gasteiger partial charge is 0.381 e. The van der Waals surface area contributed by atoms with E-state index in [9.17, 15) is 8.42 Å². The van der Waals surface area contributed by atoms with Crippen molar-refractivity contribution >= 4 is 10.0 Å². The third-order valence-electron chi connectivity index (χ3n) is 5.62. The molecule has 8 heteroatoms. The monoisotopic (exact) mass is 434 g/mol. The van der Waals surface area contributed by atoms with Crippen molar-refractivity contribution in [2.24, 2.45) is 0 Å². The quantitative estimate of drug-likeness (QED) is 0.650. The molecule has 1 fully saturated rings. The minimum absolute atomic E-state index is 0.0733. The number of hydrogen-bond acceptors (Lipinski definition) is 5. The Balaban J connectivity index is 1.91. The van der Waals surface area contributed by atoms with Crippen LogP contribution in [0.15, 0.2) is 17.0 Å². The van der Waals surface area contributed by atoms with Crippen LogP contribution in [0.1, 0.15) is 100.0 Å². The molecule has 166 valence electrons. The summed E-state index contributed by atoms with van der Waals surface area (Å²) >= 11 is 0. The first-order valence-corrected chi connectivity index (χ1v) is 12.2. The molecule has 0 amide bonds. The van der Waals surface area contributed by atoms with Gasteiger partial charge in [-0.25, -0.2) is 18.1 Å². The van der Waals surface area contributed by atoms with Crippen LogP contribution in [0.5, 0.6) is 0 Å². The van der Waals surface area contributed by atoms with Crippen molar-refractivity contribution in [2.75, 3.05) is 13.2 Å². The highest BCUT2D eigenvalue weighted by molar-refractivity contribution is 7.89. The Morgan fingerprint density at radius 2 is 1.73 bits per heavy atom. The molecule has 2 N–H and O–H groups in total. The molecule has 1 aliphatic rings. The Labute approximate surface area is 180 Å². The molecule has 1 atom stereocenters. The number of rotatable bonds is 8. The lowest BCUT2D eigenvalue weighted by Crippen LogP contribution is -2.27. The highest BCUT2D eigenvalue weighted by Gasteiger charge is 2.27. The molecule has 0 aliphatic carbocycles. The van der Waals surface area contributed by atoms with E-state index in [0.717, 1.165) is 17.5 Å². The van der Waals surface area contributed by atoms with Gasteiger partial charge in [0.2, 0.25) is 10.0 Å². The Morgan fingerprint density at radius 1 is 1.10 bits per heavy atom. The third kappa shape index (κ3) is 4.92. The molecule has 1 aromatic carbocycles. The Morgan fingerprint density at radius 3 is 2.23 bits per heavy atom. The number of nitrogens with zero attached hydrogens (tertiary/aromatic N) is 2. The predicted octanol–water partition coefficient (Wildman–Crippen LogP) is 4.16. The van der Waals surface area contributed by atoms with E-state index in [1.807, 2.05) is 39.8 Å². The third-order valence-corrected chi connectivity index (χ3v) is 7.15. The van der Waals surface area contributed by atoms with Gasteiger partial charge in [0.05, 0.1) is 18.0 Å². The van der Waals surface area contributed by atoms with E-state index in [-0.39, 0.29) is 24.3 Å². The van der Waals surface area contributed by atoms with Crippen LogP contribution in [0.3, 0.4) is 0 Å². The maximum absolute atomic E-state index is 13.4. The molecular weight excluding hydrogens is 400 g/mol. The van der Waals surface area contributed by atoms with Crippen molar-refractivity contribution in [3.63, 3.8) is 0 Å². The summed E-state index contributed by atoms with van der Waals surface area (Å²) < 4.78 is 34.9. The molecule has 1 aromatic heterocycles. The van der Waals surface area contributed by atoms with Crippen LogP contribution in [0.4, 0.5) is 0 Å². The highest BCUT2D eigenvalue weighted by atomic mass is 32.2. The van der Waals surface area contributed by atoms with Gasteiger partial charge < -0.3 is 4.74 Å². The Bertz CT molecular complexity index is 945. The molecule has 0 saturated carbocycles. The minimum Gasteiger partial charge on any atom is -0.381 e. The van der Waals surface area contributed by atoms with Gasteiger partial charge in [-0.2, -0.15) is 5.10 Å². The lowest BCUT2D eigenvalue weighted by molar-refractivity contribution is 0.193. The average molecular weight is 435 g/mol. The standard InChI is InChI=1S/C22H34N4O3S/c1-13(2)17-9-18(14(3)4)21(19(10-17)15(5)6)30(27,28)23-11-20-24-22(26-25-20)16-7-8-29-12-16/h9-10,13-16,23H,7-8,11-12H2,1-6H3,(H,24,25,26). The first-order valence-electron chi connectivity index (χ1n) is 10.8. The summed E-state index contributed by atoms with van der Waals surface area (Å²) in [6.45, 7) is 13.8. The van der Waals surface area contributed by atoms with Crippen molar-refractivity contribution in [1.82, 2.24) is 19.9 Å². The first kappa shape index (κ1) is 22.9. The number of aromatic nitrogens is 3. The molecule has 0 bridgehead atoms. The second-order valence-electron chi connectivity index (χ2n) is 9.02. The normalized spacial score (nSPS) is 17.6. The van der Waals surface area contributed by atoms with Gasteiger partial charge in [0.15, 0.2) is 5.82 Å². The molecule has 1 aliphatic heterocycles. The van der Waals surface area contributed by atoms with Crippen LogP contribution in [-0.4, -0.2) is 36.8 Å². The van der Waals surface area contributed by atoms with Crippen LogP contribution in [0.2, 0.25) is 0 Å². The molecule has 2 heterocycles. The van der Waals surface area contributed by atoms with Crippen molar-refractivity contribution < 1.29 is 13.2 Å². The fourth-order valence-electron chi connectivity index (χ4n) is 3.75. The average Bonchev–Trinajstić information content (AvgIpc) is 3.36. The maximum atomic E-state index is 13.4. The number of aromatic amines is 1. The number of sulfonamides is 1. The first-order chi connectivity index (χ1) is 14.1. The zero-order chi connectivity index (χ0) is 22.1. The number of benzene rings is 1. The van der Waals surface area contributed by atoms with E-state index in [0.29, 0.717) is 35.7 Å². The van der Waals surface area contributed by atoms with E-state index in [1.165, 1.54) is 5.56 Å². The Kier molecular flexibility index (Phi) is 6.99. The molecule has 0 spiro atoms. The van der Waals surface area contributed by atoms with Crippen molar-refractivity contribution in [2.45, 2.75) is 83.1 Å². The molecular formula is C22H34N4O3S. The Hall–Kier alpha value is -1.77. The SMILES string of the molecule is CC(C)c1cc(C(C)C)c(S(=O)(=O)NCc2nc(C3CCOC3)n[nH]2)c(C(C)C)c1. The van der Waals surface area contributed by atoms with Gasteiger partial charge in [0.1, 0.15) is 5.82 Å². The van der Waals surface area contributed by atoms with Crippen molar-refractivity contribution in [1.29, 1.82) is 0 Å². The molecule has 1 saturated heterocycles. The van der Waals surface area contributed by atoms with Gasteiger partial charge in [0.25, 0.3) is 0 Å². The summed E-state index contributed by atoms with van der Waals surface area (Å²) in [7, 11) is -3.72. The fourth-order valence-corrected chi connectivity index (χ4v) is 5.43. The number of nitrogens with one attached hydrogen (secondary N) is 2. The summed E-state index contributed by atoms with van der Waals surface area (Å²) in [4.78, 5) is 4.87. The topological polar surface area (TPSA) is 97.0 Å². The second kappa shape index (κ2) is 9.16. The molecule has 7 nitrogen and oxygen atoms in total. The summed E-state index contributed by atoms with van der Waals surface area (Å²) in [6.07, 6.45) is 0.890. The lowest BCUT2D eigenvalue weighted by atomic mass is 9.89.